The van der Waals surface area contributed by atoms with Crippen molar-refractivity contribution in [3.05, 3.63) is 0 Å². The maximum absolute atomic E-state index is 12.1. The fraction of sp³-hybridized carbons (Fsp3) is 0.929. The minimum Gasteiger partial charge on any atom is -0.372 e. The van der Waals surface area contributed by atoms with Crippen molar-refractivity contribution < 1.29 is 9.53 Å². The van der Waals surface area contributed by atoms with E-state index >= 15 is 0 Å². The maximum atomic E-state index is 12.1. The Morgan fingerprint density at radius 1 is 1.39 bits per heavy atom. The molecule has 0 aromatic rings. The fourth-order valence-corrected chi connectivity index (χ4v) is 3.74. The summed E-state index contributed by atoms with van der Waals surface area (Å²) in [6.45, 7) is 1.98. The van der Waals surface area contributed by atoms with Crippen molar-refractivity contribution in [1.29, 1.82) is 0 Å². The summed E-state index contributed by atoms with van der Waals surface area (Å²) in [5.41, 5.74) is 6.09. The molecule has 2 fully saturated rings. The summed E-state index contributed by atoms with van der Waals surface area (Å²) in [5, 5.41) is 3.22. The van der Waals surface area contributed by atoms with E-state index in [0.717, 1.165) is 19.3 Å². The van der Waals surface area contributed by atoms with Crippen molar-refractivity contribution in [3.63, 3.8) is 0 Å². The quantitative estimate of drug-likeness (QED) is 0.798. The fourth-order valence-electron chi connectivity index (χ4n) is 3.74. The molecule has 4 heteroatoms. The van der Waals surface area contributed by atoms with Gasteiger partial charge in [-0.1, -0.05) is 13.3 Å². The van der Waals surface area contributed by atoms with Crippen molar-refractivity contribution in [2.45, 2.75) is 63.6 Å². The number of nitrogens with one attached hydrogen (secondary N) is 1. The molecule has 3 unspecified atom stereocenters. The van der Waals surface area contributed by atoms with Crippen LogP contribution in [-0.2, 0) is 9.53 Å². The molecule has 0 heterocycles. The average Bonchev–Trinajstić information content (AvgIpc) is 2.32. The van der Waals surface area contributed by atoms with E-state index < -0.39 is 0 Å². The van der Waals surface area contributed by atoms with E-state index in [1.54, 1.807) is 7.11 Å². The molecule has 2 saturated carbocycles. The van der Waals surface area contributed by atoms with Crippen LogP contribution in [0.15, 0.2) is 0 Å². The number of hydrogen-bond acceptors (Lipinski definition) is 3. The van der Waals surface area contributed by atoms with Crippen LogP contribution >= 0.6 is 0 Å². The Hall–Kier alpha value is -0.610. The molecule has 0 radical (unpaired) electrons. The zero-order chi connectivity index (χ0) is 13.1. The molecule has 2 rings (SSSR count). The van der Waals surface area contributed by atoms with Gasteiger partial charge in [-0.15, -0.1) is 0 Å². The van der Waals surface area contributed by atoms with E-state index in [4.69, 9.17) is 10.5 Å². The molecule has 0 aliphatic heterocycles. The number of hydrogen-bond donors (Lipinski definition) is 2. The highest BCUT2D eigenvalue weighted by molar-refractivity contribution is 5.81. The van der Waals surface area contributed by atoms with Crippen LogP contribution in [0.5, 0.6) is 0 Å². The van der Waals surface area contributed by atoms with Crippen LogP contribution in [0, 0.1) is 11.8 Å². The molecule has 2 bridgehead atoms. The first-order valence-electron chi connectivity index (χ1n) is 7.24. The molecule has 3 N–H and O–H groups in total. The molecular weight excluding hydrogens is 228 g/mol. The van der Waals surface area contributed by atoms with Gasteiger partial charge in [-0.25, -0.2) is 0 Å². The van der Waals surface area contributed by atoms with Crippen molar-refractivity contribution in [1.82, 2.24) is 5.32 Å². The van der Waals surface area contributed by atoms with E-state index in [0.29, 0.717) is 23.9 Å². The molecule has 0 saturated heterocycles. The molecule has 0 aromatic carbocycles. The molecule has 2 aliphatic rings. The Morgan fingerprint density at radius 2 is 2.00 bits per heavy atom. The first-order valence-corrected chi connectivity index (χ1v) is 7.24. The number of nitrogens with two attached hydrogens (primary N) is 1. The van der Waals surface area contributed by atoms with Crippen LogP contribution < -0.4 is 11.1 Å². The highest BCUT2D eigenvalue weighted by Crippen LogP contribution is 2.39. The van der Waals surface area contributed by atoms with Gasteiger partial charge in [-0.2, -0.15) is 0 Å². The van der Waals surface area contributed by atoms with Gasteiger partial charge in [-0.05, 0) is 43.9 Å². The lowest BCUT2D eigenvalue weighted by atomic mass is 9.67. The van der Waals surface area contributed by atoms with Crippen LogP contribution in [-0.4, -0.2) is 31.2 Å². The average molecular weight is 254 g/mol. The van der Waals surface area contributed by atoms with Gasteiger partial charge in [0.05, 0.1) is 0 Å². The Kier molecular flexibility index (Phi) is 4.62. The van der Waals surface area contributed by atoms with Crippen molar-refractivity contribution in [2.24, 2.45) is 17.6 Å². The normalized spacial score (nSPS) is 37.1. The second-order valence-electron chi connectivity index (χ2n) is 5.85. The number of carbonyl (C=O) groups excluding carboxylic acids is 1. The highest BCUT2D eigenvalue weighted by atomic mass is 16.5. The van der Waals surface area contributed by atoms with Crippen molar-refractivity contribution in [2.75, 3.05) is 7.11 Å². The third kappa shape index (κ3) is 2.86. The van der Waals surface area contributed by atoms with Gasteiger partial charge in [0.25, 0.3) is 0 Å². The number of fused-ring (bicyclic) bond motifs is 2. The summed E-state index contributed by atoms with van der Waals surface area (Å²) in [7, 11) is 1.60. The minimum absolute atomic E-state index is 0.0531. The largest absolute Gasteiger partial charge is 0.372 e. The molecule has 4 nitrogen and oxygen atoms in total. The summed E-state index contributed by atoms with van der Waals surface area (Å²) in [4.78, 5) is 12.1. The van der Waals surface area contributed by atoms with Crippen LogP contribution in [0.3, 0.4) is 0 Å². The summed E-state index contributed by atoms with van der Waals surface area (Å²) >= 11 is 0. The van der Waals surface area contributed by atoms with Crippen LogP contribution in [0.1, 0.15) is 45.4 Å². The Bertz CT molecular complexity index is 278. The zero-order valence-electron chi connectivity index (χ0n) is 11.5. The van der Waals surface area contributed by atoms with Gasteiger partial charge < -0.3 is 15.8 Å². The van der Waals surface area contributed by atoms with E-state index in [1.165, 1.54) is 19.3 Å². The SMILES string of the molecule is CCC(OC)C(=O)NC1C2CCCC1CC(N)C2. The van der Waals surface area contributed by atoms with Crippen LogP contribution in [0.25, 0.3) is 0 Å². The lowest BCUT2D eigenvalue weighted by molar-refractivity contribution is -0.133. The Morgan fingerprint density at radius 3 is 2.50 bits per heavy atom. The zero-order valence-corrected chi connectivity index (χ0v) is 11.5. The van der Waals surface area contributed by atoms with Crippen LogP contribution in [0.4, 0.5) is 0 Å². The van der Waals surface area contributed by atoms with Gasteiger partial charge in [0, 0.05) is 19.2 Å². The summed E-state index contributed by atoms with van der Waals surface area (Å²) in [5.74, 6) is 1.20. The van der Waals surface area contributed by atoms with Crippen LogP contribution in [0.2, 0.25) is 0 Å². The van der Waals surface area contributed by atoms with E-state index in [1.807, 2.05) is 6.92 Å². The lowest BCUT2D eigenvalue weighted by Crippen LogP contribution is -2.55. The predicted molar refractivity (Wildman–Crippen MR) is 71.1 cm³/mol. The third-order valence-corrected chi connectivity index (χ3v) is 4.63. The molecule has 18 heavy (non-hydrogen) atoms. The van der Waals surface area contributed by atoms with E-state index in [9.17, 15) is 4.79 Å². The Labute approximate surface area is 110 Å². The second-order valence-corrected chi connectivity index (χ2v) is 5.85. The number of ether oxygens (including phenoxy) is 1. The molecule has 104 valence electrons. The summed E-state index contributed by atoms with van der Waals surface area (Å²) < 4.78 is 5.21. The predicted octanol–water partition coefficient (Wildman–Crippen LogP) is 1.43. The van der Waals surface area contributed by atoms with E-state index in [-0.39, 0.29) is 12.0 Å². The second kappa shape index (κ2) is 6.02. The van der Waals surface area contributed by atoms with Gasteiger partial charge in [0.15, 0.2) is 0 Å². The third-order valence-electron chi connectivity index (χ3n) is 4.63. The minimum atomic E-state index is -0.304. The molecule has 1 amide bonds. The lowest BCUT2D eigenvalue weighted by Gasteiger charge is -2.45. The molecule has 0 spiro atoms. The molecule has 0 aromatic heterocycles. The number of rotatable bonds is 4. The van der Waals surface area contributed by atoms with E-state index in [2.05, 4.69) is 5.32 Å². The van der Waals surface area contributed by atoms with Crippen molar-refractivity contribution in [3.8, 4) is 0 Å². The molecular formula is C14H26N2O2. The Balaban J connectivity index is 1.98. The molecule has 3 atom stereocenters. The maximum Gasteiger partial charge on any atom is 0.249 e. The monoisotopic (exact) mass is 254 g/mol. The van der Waals surface area contributed by atoms with Gasteiger partial charge >= 0.3 is 0 Å². The smallest absolute Gasteiger partial charge is 0.249 e. The van der Waals surface area contributed by atoms with Gasteiger partial charge in [0.1, 0.15) is 6.10 Å². The van der Waals surface area contributed by atoms with Crippen molar-refractivity contribution >= 4 is 5.91 Å². The summed E-state index contributed by atoms with van der Waals surface area (Å²) in [6, 6.07) is 0.660. The van der Waals surface area contributed by atoms with Gasteiger partial charge in [0.2, 0.25) is 5.91 Å². The topological polar surface area (TPSA) is 64.3 Å². The summed E-state index contributed by atoms with van der Waals surface area (Å²) in [6.07, 6.45) is 6.25. The van der Waals surface area contributed by atoms with Gasteiger partial charge in [-0.3, -0.25) is 4.79 Å². The number of amides is 1. The first-order chi connectivity index (χ1) is 8.65. The standard InChI is InChI=1S/C14H26N2O2/c1-3-12(18-2)14(17)16-13-9-5-4-6-10(13)8-11(15)7-9/h9-13H,3-8,15H2,1-2H3,(H,16,17). The number of carbonyl (C=O) groups is 1. The first kappa shape index (κ1) is 13.8. The molecule has 2 aliphatic carbocycles. The highest BCUT2D eigenvalue weighted by Gasteiger charge is 2.40. The number of methoxy groups -OCH3 is 1.